The summed E-state index contributed by atoms with van der Waals surface area (Å²) in [5, 5.41) is 4.06. The zero-order chi connectivity index (χ0) is 21.5. The van der Waals surface area contributed by atoms with Crippen LogP contribution in [-0.4, -0.2) is 31.7 Å². The Morgan fingerprint density at radius 2 is 1.40 bits per heavy atom. The van der Waals surface area contributed by atoms with E-state index in [1.165, 1.54) is 29.5 Å². The first-order chi connectivity index (χ1) is 14.2. The van der Waals surface area contributed by atoms with E-state index in [2.05, 4.69) is 4.90 Å². The normalized spacial score (nSPS) is 15.5. The zero-order valence-electron chi connectivity index (χ0n) is 15.5. The molecule has 4 nitrogen and oxygen atoms in total. The van der Waals surface area contributed by atoms with E-state index in [0.717, 1.165) is 16.4 Å². The van der Waals surface area contributed by atoms with Gasteiger partial charge in [-0.25, -0.2) is 13.4 Å². The lowest BCUT2D eigenvalue weighted by Crippen LogP contribution is -2.39. The molecule has 10 heteroatoms. The highest BCUT2D eigenvalue weighted by Gasteiger charge is 2.32. The van der Waals surface area contributed by atoms with Gasteiger partial charge in [0.15, 0.2) is 15.0 Å². The van der Waals surface area contributed by atoms with E-state index in [-0.39, 0.29) is 4.90 Å². The molecule has 0 unspecified atom stereocenters. The minimum absolute atomic E-state index is 0.174. The Morgan fingerprint density at radius 1 is 0.867 bits per heavy atom. The Hall–Kier alpha value is -1.02. The van der Waals surface area contributed by atoms with Crippen molar-refractivity contribution in [3.63, 3.8) is 0 Å². The average molecular weight is 522 g/mol. The van der Waals surface area contributed by atoms with Crippen molar-refractivity contribution in [1.29, 1.82) is 0 Å². The van der Waals surface area contributed by atoms with E-state index < -0.39 is 15.1 Å². The van der Waals surface area contributed by atoms with Crippen LogP contribution in [0.2, 0.25) is 20.1 Å². The largest absolute Gasteiger partial charge is 0.348 e. The summed E-state index contributed by atoms with van der Waals surface area (Å²) in [6.45, 7) is 1.20. The summed E-state index contributed by atoms with van der Waals surface area (Å²) in [5.41, 5.74) is 1.65. The average Bonchev–Trinajstić information content (AvgIpc) is 3.17. The van der Waals surface area contributed by atoms with E-state index in [4.69, 9.17) is 51.4 Å². The molecule has 30 heavy (non-hydrogen) atoms. The highest BCUT2D eigenvalue weighted by molar-refractivity contribution is 7.92. The Bertz CT molecular complexity index is 1150. The van der Waals surface area contributed by atoms with Crippen LogP contribution in [0.5, 0.6) is 0 Å². The van der Waals surface area contributed by atoms with Gasteiger partial charge in [-0.15, -0.1) is 11.3 Å². The number of hydrogen-bond donors (Lipinski definition) is 0. The summed E-state index contributed by atoms with van der Waals surface area (Å²) in [7, 11) is -3.50. The fourth-order valence-electron chi connectivity index (χ4n) is 3.49. The minimum atomic E-state index is -3.50. The second-order valence-electron chi connectivity index (χ2n) is 7.01. The van der Waals surface area contributed by atoms with Crippen LogP contribution >= 0.6 is 57.7 Å². The third kappa shape index (κ3) is 4.74. The van der Waals surface area contributed by atoms with E-state index in [1.807, 2.05) is 17.5 Å². The van der Waals surface area contributed by atoms with Gasteiger partial charge in [-0.05, 0) is 49.2 Å². The van der Waals surface area contributed by atoms with Gasteiger partial charge in [0.25, 0.3) is 0 Å². The quantitative estimate of drug-likeness (QED) is 0.376. The summed E-state index contributed by atoms with van der Waals surface area (Å²) in [5.74, 6) is 0. The Balaban J connectivity index is 1.48. The molecule has 0 radical (unpaired) electrons. The Labute approximate surface area is 199 Å². The van der Waals surface area contributed by atoms with Gasteiger partial charge >= 0.3 is 0 Å². The van der Waals surface area contributed by atoms with Gasteiger partial charge in [0, 0.05) is 44.1 Å². The molecule has 3 aromatic rings. The molecular formula is C20H16Cl4N2O2S2. The van der Waals surface area contributed by atoms with Crippen LogP contribution < -0.4 is 4.90 Å². The van der Waals surface area contributed by atoms with Crippen molar-refractivity contribution in [3.05, 3.63) is 61.9 Å². The molecule has 0 aliphatic carbocycles. The van der Waals surface area contributed by atoms with Crippen LogP contribution in [-0.2, 0) is 9.84 Å². The van der Waals surface area contributed by atoms with E-state index >= 15 is 0 Å². The molecule has 0 amide bonds. The third-order valence-corrected chi connectivity index (χ3v) is 8.98. The van der Waals surface area contributed by atoms with Crippen LogP contribution in [0.1, 0.15) is 12.8 Å². The molecule has 0 N–H and O–H groups in total. The first-order valence-corrected chi connectivity index (χ1v) is 13.0. The molecule has 2 heterocycles. The predicted octanol–water partition coefficient (Wildman–Crippen LogP) is 6.87. The maximum absolute atomic E-state index is 13.0. The summed E-state index contributed by atoms with van der Waals surface area (Å²) >= 11 is 25.7. The van der Waals surface area contributed by atoms with Crippen molar-refractivity contribution in [2.45, 2.75) is 23.0 Å². The monoisotopic (exact) mass is 520 g/mol. The van der Waals surface area contributed by atoms with Gasteiger partial charge in [-0.2, -0.15) is 0 Å². The smallest absolute Gasteiger partial charge is 0.185 e. The molecule has 1 fully saturated rings. The number of rotatable bonds is 4. The number of sulfone groups is 1. The Morgan fingerprint density at radius 3 is 1.97 bits per heavy atom. The van der Waals surface area contributed by atoms with Gasteiger partial charge in [-0.3, -0.25) is 0 Å². The molecule has 0 saturated carbocycles. The second-order valence-corrected chi connectivity index (χ2v) is 11.8. The maximum atomic E-state index is 13.0. The molecule has 0 bridgehead atoms. The van der Waals surface area contributed by atoms with E-state index in [9.17, 15) is 8.42 Å². The number of nitrogens with zero attached hydrogens (tertiary/aromatic N) is 2. The van der Waals surface area contributed by atoms with Gasteiger partial charge in [-0.1, -0.05) is 46.4 Å². The fourth-order valence-corrected chi connectivity index (χ4v) is 7.36. The molecule has 1 aliphatic heterocycles. The van der Waals surface area contributed by atoms with Gasteiger partial charge in [0.1, 0.15) is 0 Å². The number of halogens is 4. The minimum Gasteiger partial charge on any atom is -0.348 e. The number of benzene rings is 2. The van der Waals surface area contributed by atoms with Crippen LogP contribution in [0.4, 0.5) is 5.13 Å². The lowest BCUT2D eigenvalue weighted by Gasteiger charge is -2.31. The Kier molecular flexibility index (Phi) is 6.54. The van der Waals surface area contributed by atoms with E-state index in [1.54, 1.807) is 6.07 Å². The van der Waals surface area contributed by atoms with Crippen LogP contribution in [0, 0.1) is 0 Å². The van der Waals surface area contributed by atoms with Gasteiger partial charge in [0.2, 0.25) is 0 Å². The number of thiazole rings is 1. The highest BCUT2D eigenvalue weighted by atomic mass is 35.5. The lowest BCUT2D eigenvalue weighted by molar-refractivity contribution is 0.529. The first-order valence-electron chi connectivity index (χ1n) is 9.09. The molecule has 0 spiro atoms. The van der Waals surface area contributed by atoms with Crippen molar-refractivity contribution in [2.75, 3.05) is 18.0 Å². The van der Waals surface area contributed by atoms with Crippen LogP contribution in [0.25, 0.3) is 11.3 Å². The van der Waals surface area contributed by atoms with Gasteiger partial charge < -0.3 is 4.90 Å². The van der Waals surface area contributed by atoms with Crippen molar-refractivity contribution in [2.24, 2.45) is 0 Å². The van der Waals surface area contributed by atoms with Crippen molar-refractivity contribution in [3.8, 4) is 11.3 Å². The molecule has 158 valence electrons. The summed E-state index contributed by atoms with van der Waals surface area (Å²) in [6, 6.07) is 9.76. The van der Waals surface area contributed by atoms with Gasteiger partial charge in [0.05, 0.1) is 15.8 Å². The predicted molar refractivity (Wildman–Crippen MR) is 126 cm³/mol. The summed E-state index contributed by atoms with van der Waals surface area (Å²) in [4.78, 5) is 6.98. The molecule has 1 saturated heterocycles. The maximum Gasteiger partial charge on any atom is 0.185 e. The number of hydrogen-bond acceptors (Lipinski definition) is 5. The summed E-state index contributed by atoms with van der Waals surface area (Å²) in [6.07, 6.45) is 1.01. The molecule has 1 aliphatic rings. The number of anilines is 1. The molecular weight excluding hydrogens is 506 g/mol. The molecule has 0 atom stereocenters. The molecule has 2 aromatic carbocycles. The van der Waals surface area contributed by atoms with Crippen LogP contribution in [0.15, 0.2) is 46.7 Å². The number of aromatic nitrogens is 1. The standard InChI is InChI=1S/C20H16Cl4N2O2S2/c21-13-5-12(6-14(22)7-13)19-11-29-20(25-19)26-3-1-17(2-4-26)30(27,28)18-9-15(23)8-16(24)10-18/h5-11,17H,1-4H2. The number of piperidine rings is 1. The van der Waals surface area contributed by atoms with Crippen molar-refractivity contribution >= 4 is 72.7 Å². The first kappa shape index (κ1) is 22.2. The summed E-state index contributed by atoms with van der Waals surface area (Å²) < 4.78 is 26.0. The van der Waals surface area contributed by atoms with Crippen LogP contribution in [0.3, 0.4) is 0 Å². The third-order valence-electron chi connectivity index (χ3n) is 4.97. The lowest BCUT2D eigenvalue weighted by atomic mass is 10.1. The zero-order valence-corrected chi connectivity index (χ0v) is 20.1. The second kappa shape index (κ2) is 8.85. The molecule has 1 aromatic heterocycles. The van der Waals surface area contributed by atoms with E-state index in [0.29, 0.717) is 46.0 Å². The SMILES string of the molecule is O=S(=O)(c1cc(Cl)cc(Cl)c1)C1CCN(c2nc(-c3cc(Cl)cc(Cl)c3)cs2)CC1. The fraction of sp³-hybridized carbons (Fsp3) is 0.250. The molecule has 4 rings (SSSR count). The van der Waals surface area contributed by atoms with Crippen molar-refractivity contribution in [1.82, 2.24) is 4.98 Å². The highest BCUT2D eigenvalue weighted by Crippen LogP contribution is 2.34. The topological polar surface area (TPSA) is 50.3 Å². The van der Waals surface area contributed by atoms with Crippen molar-refractivity contribution < 1.29 is 8.42 Å².